The number of nitrogens with one attached hydrogen (secondary N) is 1. The van der Waals surface area contributed by atoms with Gasteiger partial charge >= 0.3 is 0 Å². The molecule has 1 aromatic carbocycles. The smallest absolute Gasteiger partial charge is 0.161 e. The number of hydrogen-bond donors (Lipinski definition) is 1. The zero-order chi connectivity index (χ0) is 11.5. The van der Waals surface area contributed by atoms with Gasteiger partial charge in [0.05, 0.1) is 6.04 Å². The van der Waals surface area contributed by atoms with Crippen molar-refractivity contribution in [3.63, 3.8) is 0 Å². The first kappa shape index (κ1) is 11.5. The van der Waals surface area contributed by atoms with Gasteiger partial charge in [-0.1, -0.05) is 23.9 Å². The molecule has 16 heavy (non-hydrogen) atoms. The monoisotopic (exact) mass is 234 g/mol. The van der Waals surface area contributed by atoms with Gasteiger partial charge in [0, 0.05) is 11.4 Å². The third-order valence-electron chi connectivity index (χ3n) is 2.75. The summed E-state index contributed by atoms with van der Waals surface area (Å²) >= 11 is 1.82. The van der Waals surface area contributed by atoms with Gasteiger partial charge in [0.25, 0.3) is 0 Å². The summed E-state index contributed by atoms with van der Waals surface area (Å²) < 4.78 is 0. The summed E-state index contributed by atoms with van der Waals surface area (Å²) in [5.41, 5.74) is 3.73. The molecule has 1 heterocycles. The molecular weight excluding hydrogens is 216 g/mol. The predicted molar refractivity (Wildman–Crippen MR) is 73.5 cm³/mol. The molecule has 2 rings (SSSR count). The predicted octanol–water partition coefficient (Wildman–Crippen LogP) is 3.60. The summed E-state index contributed by atoms with van der Waals surface area (Å²) in [6.07, 6.45) is 1.18. The molecule has 0 saturated heterocycles. The van der Waals surface area contributed by atoms with Crippen LogP contribution in [0.3, 0.4) is 0 Å². The molecule has 0 saturated carbocycles. The third-order valence-corrected chi connectivity index (χ3v) is 3.67. The number of nitrogens with zero attached hydrogens (tertiary/aromatic N) is 1. The van der Waals surface area contributed by atoms with Crippen LogP contribution in [0.1, 0.15) is 24.5 Å². The van der Waals surface area contributed by atoms with E-state index in [1.807, 2.05) is 11.8 Å². The minimum atomic E-state index is 0.453. The molecule has 0 aromatic heterocycles. The fraction of sp³-hybridized carbons (Fsp3) is 0.462. The van der Waals surface area contributed by atoms with Gasteiger partial charge in [-0.15, -0.1) is 0 Å². The molecule has 0 radical (unpaired) electrons. The van der Waals surface area contributed by atoms with E-state index in [0.29, 0.717) is 6.04 Å². The van der Waals surface area contributed by atoms with Gasteiger partial charge < -0.3 is 5.32 Å². The topological polar surface area (TPSA) is 24.4 Å². The van der Waals surface area contributed by atoms with E-state index in [-0.39, 0.29) is 0 Å². The maximum atomic E-state index is 4.62. The van der Waals surface area contributed by atoms with Crippen molar-refractivity contribution in [2.75, 3.05) is 11.1 Å². The first-order chi connectivity index (χ1) is 7.65. The van der Waals surface area contributed by atoms with E-state index in [0.717, 1.165) is 10.9 Å². The fourth-order valence-electron chi connectivity index (χ4n) is 1.68. The number of benzene rings is 1. The van der Waals surface area contributed by atoms with Crippen LogP contribution in [-0.4, -0.2) is 17.0 Å². The van der Waals surface area contributed by atoms with E-state index >= 15 is 0 Å². The van der Waals surface area contributed by atoms with Gasteiger partial charge in [0.2, 0.25) is 0 Å². The highest BCUT2D eigenvalue weighted by Gasteiger charge is 2.12. The van der Waals surface area contributed by atoms with Gasteiger partial charge in [-0.05, 0) is 44.4 Å². The molecule has 0 amide bonds. The standard InChI is InChI=1S/C13H18N2S/c1-9-4-5-10(2)12(8-9)15-13-14-11(3)6-7-16-13/h4-5,8,11H,6-7H2,1-3H3,(H,14,15). The van der Waals surface area contributed by atoms with Crippen molar-refractivity contribution >= 4 is 22.6 Å². The highest BCUT2D eigenvalue weighted by molar-refractivity contribution is 8.14. The van der Waals surface area contributed by atoms with E-state index in [2.05, 4.69) is 49.3 Å². The summed E-state index contributed by atoms with van der Waals surface area (Å²) in [5.74, 6) is 1.16. The van der Waals surface area contributed by atoms with Crippen LogP contribution in [0, 0.1) is 13.8 Å². The van der Waals surface area contributed by atoms with Crippen molar-refractivity contribution in [3.8, 4) is 0 Å². The number of rotatable bonds is 1. The molecule has 1 atom stereocenters. The molecule has 0 fully saturated rings. The van der Waals surface area contributed by atoms with E-state index in [4.69, 9.17) is 0 Å². The number of anilines is 1. The van der Waals surface area contributed by atoms with Crippen molar-refractivity contribution in [3.05, 3.63) is 29.3 Å². The van der Waals surface area contributed by atoms with Gasteiger partial charge in [-0.2, -0.15) is 0 Å². The third kappa shape index (κ3) is 2.79. The molecule has 3 heteroatoms. The Morgan fingerprint density at radius 3 is 2.94 bits per heavy atom. The second-order valence-corrected chi connectivity index (χ2v) is 5.45. The maximum absolute atomic E-state index is 4.62. The van der Waals surface area contributed by atoms with E-state index < -0.39 is 0 Å². The molecule has 1 aliphatic heterocycles. The zero-order valence-electron chi connectivity index (χ0n) is 10.1. The number of hydrogen-bond acceptors (Lipinski definition) is 3. The average molecular weight is 234 g/mol. The molecule has 1 N–H and O–H groups in total. The molecule has 86 valence electrons. The van der Waals surface area contributed by atoms with Crippen LogP contribution in [0.4, 0.5) is 5.69 Å². The lowest BCUT2D eigenvalue weighted by Crippen LogP contribution is -2.18. The van der Waals surface area contributed by atoms with Crippen LogP contribution in [0.2, 0.25) is 0 Å². The van der Waals surface area contributed by atoms with Gasteiger partial charge in [-0.3, -0.25) is 4.99 Å². The SMILES string of the molecule is Cc1ccc(C)c(NC2=NC(C)CCS2)c1. The molecular formula is C13H18N2S. The number of aliphatic imine (C=N–C) groups is 1. The van der Waals surface area contributed by atoms with Crippen LogP contribution in [-0.2, 0) is 0 Å². The number of thioether (sulfide) groups is 1. The summed E-state index contributed by atoms with van der Waals surface area (Å²) in [4.78, 5) is 4.62. The first-order valence-electron chi connectivity index (χ1n) is 5.70. The molecule has 2 nitrogen and oxygen atoms in total. The number of amidine groups is 1. The Morgan fingerprint density at radius 1 is 1.38 bits per heavy atom. The second kappa shape index (κ2) is 4.91. The lowest BCUT2D eigenvalue weighted by Gasteiger charge is -2.18. The van der Waals surface area contributed by atoms with Gasteiger partial charge in [0.1, 0.15) is 0 Å². The minimum absolute atomic E-state index is 0.453. The average Bonchev–Trinajstić information content (AvgIpc) is 2.24. The van der Waals surface area contributed by atoms with Crippen LogP contribution in [0.25, 0.3) is 0 Å². The van der Waals surface area contributed by atoms with Crippen molar-refractivity contribution in [2.45, 2.75) is 33.2 Å². The Labute approximate surface area is 102 Å². The number of aryl methyl sites for hydroxylation is 2. The van der Waals surface area contributed by atoms with Crippen LogP contribution < -0.4 is 5.32 Å². The van der Waals surface area contributed by atoms with Crippen molar-refractivity contribution in [1.82, 2.24) is 0 Å². The van der Waals surface area contributed by atoms with Gasteiger partial charge in [0.15, 0.2) is 5.17 Å². The second-order valence-electron chi connectivity index (χ2n) is 4.36. The first-order valence-corrected chi connectivity index (χ1v) is 6.68. The molecule has 0 spiro atoms. The Kier molecular flexibility index (Phi) is 3.54. The molecule has 0 bridgehead atoms. The van der Waals surface area contributed by atoms with Crippen molar-refractivity contribution < 1.29 is 0 Å². The lowest BCUT2D eigenvalue weighted by atomic mass is 10.1. The molecule has 1 aromatic rings. The minimum Gasteiger partial charge on any atom is -0.335 e. The summed E-state index contributed by atoms with van der Waals surface area (Å²) in [5, 5.41) is 4.50. The summed E-state index contributed by atoms with van der Waals surface area (Å²) in [6, 6.07) is 6.92. The van der Waals surface area contributed by atoms with E-state index in [1.54, 1.807) is 0 Å². The molecule has 1 unspecified atom stereocenters. The summed E-state index contributed by atoms with van der Waals surface area (Å²) in [6.45, 7) is 6.41. The fourth-order valence-corrected chi connectivity index (χ4v) is 2.77. The van der Waals surface area contributed by atoms with E-state index in [9.17, 15) is 0 Å². The van der Waals surface area contributed by atoms with Crippen LogP contribution >= 0.6 is 11.8 Å². The molecule has 0 aliphatic carbocycles. The normalized spacial score (nSPS) is 20.4. The summed E-state index contributed by atoms with van der Waals surface area (Å²) in [7, 11) is 0. The Hall–Kier alpha value is -0.960. The zero-order valence-corrected chi connectivity index (χ0v) is 10.9. The van der Waals surface area contributed by atoms with Crippen molar-refractivity contribution in [1.29, 1.82) is 0 Å². The highest BCUT2D eigenvalue weighted by Crippen LogP contribution is 2.22. The molecule has 1 aliphatic rings. The Morgan fingerprint density at radius 2 is 2.19 bits per heavy atom. The van der Waals surface area contributed by atoms with E-state index in [1.165, 1.54) is 23.2 Å². The lowest BCUT2D eigenvalue weighted by molar-refractivity contribution is 0.720. The van der Waals surface area contributed by atoms with Crippen LogP contribution in [0.15, 0.2) is 23.2 Å². The highest BCUT2D eigenvalue weighted by atomic mass is 32.2. The Balaban J connectivity index is 2.17. The van der Waals surface area contributed by atoms with Gasteiger partial charge in [-0.25, -0.2) is 0 Å². The van der Waals surface area contributed by atoms with Crippen molar-refractivity contribution in [2.24, 2.45) is 4.99 Å². The van der Waals surface area contributed by atoms with Crippen LogP contribution in [0.5, 0.6) is 0 Å². The quantitative estimate of drug-likeness (QED) is 0.803. The largest absolute Gasteiger partial charge is 0.335 e. The Bertz CT molecular complexity index is 412. The maximum Gasteiger partial charge on any atom is 0.161 e.